The fourth-order valence-corrected chi connectivity index (χ4v) is 4.22. The van der Waals surface area contributed by atoms with Gasteiger partial charge in [-0.15, -0.1) is 0 Å². The molecule has 6 atom stereocenters. The van der Waals surface area contributed by atoms with E-state index in [9.17, 15) is 9.59 Å². The van der Waals surface area contributed by atoms with Gasteiger partial charge in [0, 0.05) is 12.5 Å². The van der Waals surface area contributed by atoms with Gasteiger partial charge in [0.05, 0.1) is 13.2 Å². The lowest BCUT2D eigenvalue weighted by molar-refractivity contribution is -0.346. The van der Waals surface area contributed by atoms with Crippen LogP contribution in [0.25, 0.3) is 0 Å². The zero-order valence-corrected chi connectivity index (χ0v) is 22.0. The number of ether oxygens (including phenoxy) is 6. The van der Waals surface area contributed by atoms with Crippen LogP contribution in [0.4, 0.5) is 4.79 Å². The van der Waals surface area contributed by atoms with Crippen molar-refractivity contribution in [2.75, 3.05) is 13.2 Å². The van der Waals surface area contributed by atoms with Gasteiger partial charge in [-0.2, -0.15) is 0 Å². The standard InChI is InChI=1S/C25H26Cl3NO8/c1-15(30)35-21-19(29-24(31)34-14-25(26,27)28)23(32-12-16-8-4-2-5-9-16)36-18-13-33-22(37-20(18)21)17-10-6-3-7-11-17/h2-11,18-23H,12-14H2,1H3,(H,29,31)/t18-,19-,20-,21-,22+,23+/m1/s1. The number of carbonyl (C=O) groups excluding carboxylic acids is 2. The number of hydrogen-bond donors (Lipinski definition) is 1. The highest BCUT2D eigenvalue weighted by Gasteiger charge is 2.53. The van der Waals surface area contributed by atoms with Crippen molar-refractivity contribution in [1.29, 1.82) is 0 Å². The molecule has 0 saturated carbocycles. The molecule has 12 heteroatoms. The summed E-state index contributed by atoms with van der Waals surface area (Å²) in [4.78, 5) is 24.8. The summed E-state index contributed by atoms with van der Waals surface area (Å²) >= 11 is 17.1. The minimum Gasteiger partial charge on any atom is -0.457 e. The molecule has 0 spiro atoms. The summed E-state index contributed by atoms with van der Waals surface area (Å²) in [6, 6.07) is 17.6. The van der Waals surface area contributed by atoms with Crippen LogP contribution in [0.15, 0.2) is 60.7 Å². The highest BCUT2D eigenvalue weighted by atomic mass is 35.6. The molecule has 2 heterocycles. The Hall–Kier alpha value is -2.11. The van der Waals surface area contributed by atoms with E-state index in [-0.39, 0.29) is 13.2 Å². The number of alkyl halides is 3. The van der Waals surface area contributed by atoms with Crippen LogP contribution in [0.1, 0.15) is 24.3 Å². The number of alkyl carbamates (subject to hydrolysis) is 1. The Labute approximate surface area is 229 Å². The lowest BCUT2D eigenvalue weighted by Crippen LogP contribution is -2.67. The zero-order valence-electron chi connectivity index (χ0n) is 19.8. The lowest BCUT2D eigenvalue weighted by Gasteiger charge is -2.48. The molecule has 1 N–H and O–H groups in total. The molecule has 37 heavy (non-hydrogen) atoms. The molecule has 2 aliphatic rings. The first-order chi connectivity index (χ1) is 17.7. The van der Waals surface area contributed by atoms with E-state index >= 15 is 0 Å². The topological polar surface area (TPSA) is 102 Å². The lowest BCUT2D eigenvalue weighted by atomic mass is 9.95. The Morgan fingerprint density at radius 1 is 1.03 bits per heavy atom. The van der Waals surface area contributed by atoms with Gasteiger partial charge in [-0.3, -0.25) is 4.79 Å². The van der Waals surface area contributed by atoms with Crippen LogP contribution in [0.2, 0.25) is 0 Å². The number of carbonyl (C=O) groups is 2. The van der Waals surface area contributed by atoms with E-state index in [4.69, 9.17) is 63.2 Å². The molecular weight excluding hydrogens is 549 g/mol. The monoisotopic (exact) mass is 573 g/mol. The van der Waals surface area contributed by atoms with Gasteiger partial charge < -0.3 is 33.7 Å². The number of esters is 1. The summed E-state index contributed by atoms with van der Waals surface area (Å²) in [6.45, 7) is 1.05. The number of rotatable bonds is 7. The average molecular weight is 575 g/mol. The van der Waals surface area contributed by atoms with Crippen molar-refractivity contribution in [2.24, 2.45) is 0 Å². The van der Waals surface area contributed by atoms with E-state index in [1.54, 1.807) is 0 Å². The maximum absolute atomic E-state index is 12.6. The van der Waals surface area contributed by atoms with E-state index in [0.717, 1.165) is 11.1 Å². The van der Waals surface area contributed by atoms with Gasteiger partial charge in [-0.1, -0.05) is 95.5 Å². The molecule has 2 aliphatic heterocycles. The van der Waals surface area contributed by atoms with Gasteiger partial charge in [-0.25, -0.2) is 4.79 Å². The van der Waals surface area contributed by atoms with Crippen LogP contribution < -0.4 is 5.32 Å². The third kappa shape index (κ3) is 7.94. The molecule has 0 bridgehead atoms. The summed E-state index contributed by atoms with van der Waals surface area (Å²) in [5.41, 5.74) is 1.65. The van der Waals surface area contributed by atoms with E-state index in [1.807, 2.05) is 60.7 Å². The molecule has 2 aromatic carbocycles. The Bertz CT molecular complexity index is 1040. The molecule has 4 rings (SSSR count). The Balaban J connectivity index is 1.57. The maximum atomic E-state index is 12.6. The normalized spacial score (nSPS) is 27.6. The molecule has 0 aliphatic carbocycles. The SMILES string of the molecule is CC(=O)O[C@@H]1[C@@H](NC(=O)OCC(Cl)(Cl)Cl)[C@@H](OCc2ccccc2)O[C@@H]2CO[C@H](c3ccccc3)O[C@@H]12. The van der Waals surface area contributed by atoms with Crippen LogP contribution in [0.3, 0.4) is 0 Å². The minimum atomic E-state index is -1.81. The molecule has 2 aromatic rings. The minimum absolute atomic E-state index is 0.137. The molecular formula is C25H26Cl3NO8. The van der Waals surface area contributed by atoms with Crippen molar-refractivity contribution in [3.05, 3.63) is 71.8 Å². The van der Waals surface area contributed by atoms with Crippen LogP contribution >= 0.6 is 34.8 Å². The highest BCUT2D eigenvalue weighted by Crippen LogP contribution is 2.36. The van der Waals surface area contributed by atoms with Crippen molar-refractivity contribution in [3.63, 3.8) is 0 Å². The van der Waals surface area contributed by atoms with Gasteiger partial charge in [-0.05, 0) is 5.56 Å². The van der Waals surface area contributed by atoms with Crippen LogP contribution in [0.5, 0.6) is 0 Å². The molecule has 0 radical (unpaired) electrons. The summed E-state index contributed by atoms with van der Waals surface area (Å²) in [6.07, 6.45) is -5.16. The van der Waals surface area contributed by atoms with Gasteiger partial charge in [0.25, 0.3) is 0 Å². The maximum Gasteiger partial charge on any atom is 0.407 e. The number of amides is 1. The summed E-state index contributed by atoms with van der Waals surface area (Å²) in [5.74, 6) is -0.583. The van der Waals surface area contributed by atoms with E-state index in [0.29, 0.717) is 0 Å². The van der Waals surface area contributed by atoms with Gasteiger partial charge in [0.1, 0.15) is 24.9 Å². The molecule has 0 unspecified atom stereocenters. The third-order valence-corrected chi connectivity index (χ3v) is 5.95. The van der Waals surface area contributed by atoms with Crippen LogP contribution in [-0.2, 0) is 39.8 Å². The molecule has 2 saturated heterocycles. The van der Waals surface area contributed by atoms with Crippen molar-refractivity contribution in [3.8, 4) is 0 Å². The van der Waals surface area contributed by atoms with Gasteiger partial charge >= 0.3 is 12.1 Å². The highest BCUT2D eigenvalue weighted by molar-refractivity contribution is 6.67. The number of hydrogen-bond acceptors (Lipinski definition) is 8. The first-order valence-electron chi connectivity index (χ1n) is 11.5. The number of fused-ring (bicyclic) bond motifs is 1. The number of halogens is 3. The van der Waals surface area contributed by atoms with Crippen molar-refractivity contribution in [2.45, 2.75) is 54.3 Å². The molecule has 200 valence electrons. The van der Waals surface area contributed by atoms with E-state index < -0.39 is 59.4 Å². The summed E-state index contributed by atoms with van der Waals surface area (Å²) in [7, 11) is 0. The predicted octanol–water partition coefficient (Wildman–Crippen LogP) is 4.44. The third-order valence-electron chi connectivity index (χ3n) is 5.62. The molecule has 1 amide bonds. The first-order valence-corrected chi connectivity index (χ1v) is 12.6. The van der Waals surface area contributed by atoms with Crippen molar-refractivity contribution >= 4 is 46.9 Å². The largest absolute Gasteiger partial charge is 0.457 e. The summed E-state index contributed by atoms with van der Waals surface area (Å²) < 4.78 is 33.2. The van der Waals surface area contributed by atoms with Gasteiger partial charge in [0.15, 0.2) is 18.7 Å². The van der Waals surface area contributed by atoms with Crippen LogP contribution in [-0.4, -0.2) is 59.7 Å². The quantitative estimate of drug-likeness (QED) is 0.383. The second-order valence-corrected chi connectivity index (χ2v) is 11.0. The fraction of sp³-hybridized carbons (Fsp3) is 0.440. The van der Waals surface area contributed by atoms with E-state index in [2.05, 4.69) is 5.32 Å². The number of nitrogens with one attached hydrogen (secondary N) is 1. The first kappa shape index (κ1) is 27.9. The second-order valence-electron chi connectivity index (χ2n) is 8.45. The molecule has 2 fully saturated rings. The Morgan fingerprint density at radius 2 is 1.70 bits per heavy atom. The van der Waals surface area contributed by atoms with Crippen molar-refractivity contribution < 1.29 is 38.0 Å². The summed E-state index contributed by atoms with van der Waals surface area (Å²) in [5, 5.41) is 2.64. The van der Waals surface area contributed by atoms with E-state index in [1.165, 1.54) is 6.92 Å². The van der Waals surface area contributed by atoms with Gasteiger partial charge in [0.2, 0.25) is 3.79 Å². The number of benzene rings is 2. The molecule has 9 nitrogen and oxygen atoms in total. The second kappa shape index (κ2) is 12.6. The molecule has 0 aromatic heterocycles. The van der Waals surface area contributed by atoms with Crippen LogP contribution in [0, 0.1) is 0 Å². The van der Waals surface area contributed by atoms with Crippen molar-refractivity contribution in [1.82, 2.24) is 5.32 Å². The fourth-order valence-electron chi connectivity index (χ4n) is 4.06. The zero-order chi connectivity index (χ0) is 26.4. The predicted molar refractivity (Wildman–Crippen MR) is 134 cm³/mol. The Morgan fingerprint density at radius 3 is 2.35 bits per heavy atom. The smallest absolute Gasteiger partial charge is 0.407 e. The Kier molecular flexibility index (Phi) is 9.52. The average Bonchev–Trinajstić information content (AvgIpc) is 2.88.